The van der Waals surface area contributed by atoms with Crippen LogP contribution in [0.1, 0.15) is 31.9 Å². The lowest BCUT2D eigenvalue weighted by Crippen LogP contribution is -2.36. The van der Waals surface area contributed by atoms with Crippen LogP contribution >= 0.6 is 0 Å². The molecule has 1 unspecified atom stereocenters. The molecule has 1 rings (SSSR count). The average molecular weight is 264 g/mol. The third kappa shape index (κ3) is 5.72. The summed E-state index contributed by atoms with van der Waals surface area (Å²) >= 11 is 0. The molecule has 0 fully saturated rings. The highest BCUT2D eigenvalue weighted by atomic mass is 16.5. The van der Waals surface area contributed by atoms with Crippen molar-refractivity contribution >= 4 is 0 Å². The van der Waals surface area contributed by atoms with E-state index < -0.39 is 0 Å². The Balaban J connectivity index is 2.55. The summed E-state index contributed by atoms with van der Waals surface area (Å²) in [6.07, 6.45) is 1.07. The Morgan fingerprint density at radius 1 is 1.16 bits per heavy atom. The van der Waals surface area contributed by atoms with Crippen molar-refractivity contribution in [3.05, 3.63) is 35.9 Å². The molecule has 1 aromatic carbocycles. The van der Waals surface area contributed by atoms with Crippen molar-refractivity contribution < 1.29 is 4.74 Å². The van der Waals surface area contributed by atoms with Gasteiger partial charge in [-0.25, -0.2) is 0 Å². The van der Waals surface area contributed by atoms with Crippen molar-refractivity contribution in [2.45, 2.75) is 26.3 Å². The van der Waals surface area contributed by atoms with Gasteiger partial charge in [-0.15, -0.1) is 0 Å². The molecule has 0 aliphatic heterocycles. The average Bonchev–Trinajstić information content (AvgIpc) is 2.47. The molecule has 1 N–H and O–H groups in total. The number of hydrogen-bond donors (Lipinski definition) is 1. The van der Waals surface area contributed by atoms with E-state index in [0.29, 0.717) is 6.04 Å². The summed E-state index contributed by atoms with van der Waals surface area (Å²) in [5.74, 6) is 0. The van der Waals surface area contributed by atoms with Crippen molar-refractivity contribution in [1.82, 2.24) is 10.2 Å². The van der Waals surface area contributed by atoms with Crippen LogP contribution in [0.3, 0.4) is 0 Å². The first kappa shape index (κ1) is 16.2. The van der Waals surface area contributed by atoms with Crippen LogP contribution in [0.2, 0.25) is 0 Å². The van der Waals surface area contributed by atoms with Gasteiger partial charge in [0.1, 0.15) is 0 Å². The van der Waals surface area contributed by atoms with Crippen LogP contribution < -0.4 is 5.32 Å². The standard InChI is InChI=1S/C16H28N2O/c1-4-18(5-2)16(14-17-12-9-13-19-3)15-10-7-6-8-11-15/h6-8,10-11,16-17H,4-5,9,12-14H2,1-3H3. The zero-order chi connectivity index (χ0) is 13.9. The van der Waals surface area contributed by atoms with Crippen molar-refractivity contribution in [3.63, 3.8) is 0 Å². The van der Waals surface area contributed by atoms with Gasteiger partial charge in [0.05, 0.1) is 0 Å². The normalized spacial score (nSPS) is 12.8. The van der Waals surface area contributed by atoms with Gasteiger partial charge in [-0.1, -0.05) is 44.2 Å². The number of nitrogens with zero attached hydrogens (tertiary/aromatic N) is 1. The van der Waals surface area contributed by atoms with E-state index in [2.05, 4.69) is 54.4 Å². The van der Waals surface area contributed by atoms with Gasteiger partial charge in [0.15, 0.2) is 0 Å². The zero-order valence-corrected chi connectivity index (χ0v) is 12.6. The third-order valence-electron chi connectivity index (χ3n) is 3.48. The van der Waals surface area contributed by atoms with E-state index in [-0.39, 0.29) is 0 Å². The van der Waals surface area contributed by atoms with Gasteiger partial charge in [-0.05, 0) is 31.6 Å². The maximum Gasteiger partial charge on any atom is 0.0474 e. The van der Waals surface area contributed by atoms with Gasteiger partial charge in [-0.2, -0.15) is 0 Å². The summed E-state index contributed by atoms with van der Waals surface area (Å²) in [4.78, 5) is 2.50. The zero-order valence-electron chi connectivity index (χ0n) is 12.6. The van der Waals surface area contributed by atoms with Crippen molar-refractivity contribution in [2.75, 3.05) is 39.9 Å². The predicted molar refractivity (Wildman–Crippen MR) is 81.5 cm³/mol. The fourth-order valence-corrected chi connectivity index (χ4v) is 2.38. The molecule has 1 aromatic rings. The highest BCUT2D eigenvalue weighted by Crippen LogP contribution is 2.19. The monoisotopic (exact) mass is 264 g/mol. The molecule has 3 nitrogen and oxygen atoms in total. The molecule has 0 bridgehead atoms. The second-order valence-electron chi connectivity index (χ2n) is 4.70. The number of rotatable bonds is 10. The first-order valence-electron chi connectivity index (χ1n) is 7.32. The highest BCUT2D eigenvalue weighted by Gasteiger charge is 2.16. The van der Waals surface area contributed by atoms with Crippen LogP contribution in [-0.4, -0.2) is 44.8 Å². The first-order valence-corrected chi connectivity index (χ1v) is 7.32. The molecular weight excluding hydrogens is 236 g/mol. The van der Waals surface area contributed by atoms with Crippen LogP contribution in [0.4, 0.5) is 0 Å². The molecular formula is C16H28N2O. The summed E-state index contributed by atoms with van der Waals surface area (Å²) < 4.78 is 5.07. The predicted octanol–water partition coefficient (Wildman–Crippen LogP) is 2.70. The van der Waals surface area contributed by atoms with E-state index in [1.165, 1.54) is 5.56 Å². The molecule has 108 valence electrons. The Morgan fingerprint density at radius 3 is 2.42 bits per heavy atom. The van der Waals surface area contributed by atoms with Gasteiger partial charge in [0.2, 0.25) is 0 Å². The summed E-state index contributed by atoms with van der Waals surface area (Å²) in [5, 5.41) is 3.55. The molecule has 0 aliphatic carbocycles. The van der Waals surface area contributed by atoms with Gasteiger partial charge < -0.3 is 10.1 Å². The van der Waals surface area contributed by atoms with E-state index in [4.69, 9.17) is 4.74 Å². The van der Waals surface area contributed by atoms with Crippen LogP contribution in [0, 0.1) is 0 Å². The van der Waals surface area contributed by atoms with Gasteiger partial charge in [-0.3, -0.25) is 4.90 Å². The molecule has 0 aliphatic rings. The van der Waals surface area contributed by atoms with Gasteiger partial charge >= 0.3 is 0 Å². The number of methoxy groups -OCH3 is 1. The second kappa shape index (κ2) is 9.96. The van der Waals surface area contributed by atoms with Gasteiger partial charge in [0.25, 0.3) is 0 Å². The van der Waals surface area contributed by atoms with Crippen molar-refractivity contribution in [2.24, 2.45) is 0 Å². The SMILES string of the molecule is CCN(CC)C(CNCCCOC)c1ccccc1. The minimum Gasteiger partial charge on any atom is -0.385 e. The Hall–Kier alpha value is -0.900. The topological polar surface area (TPSA) is 24.5 Å². The molecule has 0 amide bonds. The van der Waals surface area contributed by atoms with E-state index in [0.717, 1.165) is 39.2 Å². The number of nitrogens with one attached hydrogen (secondary N) is 1. The minimum absolute atomic E-state index is 0.457. The Bertz CT molecular complexity index is 312. The van der Waals surface area contributed by atoms with Crippen LogP contribution in [0.25, 0.3) is 0 Å². The van der Waals surface area contributed by atoms with E-state index in [9.17, 15) is 0 Å². The highest BCUT2D eigenvalue weighted by molar-refractivity contribution is 5.19. The lowest BCUT2D eigenvalue weighted by Gasteiger charge is -2.30. The van der Waals surface area contributed by atoms with Crippen LogP contribution in [0.5, 0.6) is 0 Å². The lowest BCUT2D eigenvalue weighted by atomic mass is 10.1. The van der Waals surface area contributed by atoms with Crippen molar-refractivity contribution in [1.29, 1.82) is 0 Å². The number of ether oxygens (including phenoxy) is 1. The number of hydrogen-bond acceptors (Lipinski definition) is 3. The molecule has 0 saturated heterocycles. The maximum absolute atomic E-state index is 5.07. The molecule has 3 heteroatoms. The molecule has 0 saturated carbocycles. The number of likely N-dealkylation sites (N-methyl/N-ethyl adjacent to an activating group) is 1. The lowest BCUT2D eigenvalue weighted by molar-refractivity contribution is 0.188. The summed E-state index contributed by atoms with van der Waals surface area (Å²) in [7, 11) is 1.75. The third-order valence-corrected chi connectivity index (χ3v) is 3.48. The van der Waals surface area contributed by atoms with Crippen LogP contribution in [0.15, 0.2) is 30.3 Å². The van der Waals surface area contributed by atoms with Crippen LogP contribution in [-0.2, 0) is 4.74 Å². The number of benzene rings is 1. The Kier molecular flexibility index (Phi) is 8.47. The Labute approximate surface area is 118 Å². The molecule has 0 radical (unpaired) electrons. The Morgan fingerprint density at radius 2 is 1.84 bits per heavy atom. The minimum atomic E-state index is 0.457. The molecule has 0 aromatic heterocycles. The smallest absolute Gasteiger partial charge is 0.0474 e. The van der Waals surface area contributed by atoms with E-state index in [1.807, 2.05) is 0 Å². The molecule has 19 heavy (non-hydrogen) atoms. The first-order chi connectivity index (χ1) is 9.33. The fraction of sp³-hybridized carbons (Fsp3) is 0.625. The molecule has 0 heterocycles. The largest absolute Gasteiger partial charge is 0.385 e. The maximum atomic E-state index is 5.07. The quantitative estimate of drug-likeness (QED) is 0.658. The molecule has 0 spiro atoms. The summed E-state index contributed by atoms with van der Waals surface area (Å²) in [6, 6.07) is 11.2. The van der Waals surface area contributed by atoms with E-state index in [1.54, 1.807) is 7.11 Å². The second-order valence-corrected chi connectivity index (χ2v) is 4.70. The summed E-state index contributed by atoms with van der Waals surface area (Å²) in [5.41, 5.74) is 1.39. The van der Waals surface area contributed by atoms with Gasteiger partial charge in [0, 0.05) is 26.3 Å². The fourth-order valence-electron chi connectivity index (χ4n) is 2.38. The molecule has 1 atom stereocenters. The van der Waals surface area contributed by atoms with E-state index >= 15 is 0 Å². The van der Waals surface area contributed by atoms with Crippen molar-refractivity contribution in [3.8, 4) is 0 Å². The summed E-state index contributed by atoms with van der Waals surface area (Å²) in [6.45, 7) is 9.45.